The number of nitrogen functional groups attached to an aromatic ring is 1. The molecule has 1 aromatic rings. The Labute approximate surface area is 97.7 Å². The van der Waals surface area contributed by atoms with Gasteiger partial charge in [-0.05, 0) is 11.6 Å². The molecular weight excluding hydrogens is 227 g/mol. The van der Waals surface area contributed by atoms with E-state index in [-0.39, 0.29) is 11.7 Å². The third-order valence-corrected chi connectivity index (χ3v) is 3.67. The van der Waals surface area contributed by atoms with Crippen molar-refractivity contribution in [2.75, 3.05) is 13.2 Å². The molecule has 0 bridgehead atoms. The van der Waals surface area contributed by atoms with Gasteiger partial charge in [-0.15, -0.1) is 11.8 Å². The Kier molecular flexibility index (Phi) is 3.46. The molecule has 0 aromatic heterocycles. The van der Waals surface area contributed by atoms with Gasteiger partial charge in [0, 0.05) is 11.3 Å². The Morgan fingerprint density at radius 2 is 2.31 bits per heavy atom. The fourth-order valence-corrected chi connectivity index (χ4v) is 2.38. The molecule has 0 amide bonds. The minimum Gasteiger partial charge on any atom is -0.384 e. The predicted molar refractivity (Wildman–Crippen MR) is 63.3 cm³/mol. The predicted octanol–water partition coefficient (Wildman–Crippen LogP) is 1.74. The third-order valence-electron chi connectivity index (χ3n) is 2.45. The lowest BCUT2D eigenvalue weighted by Gasteiger charge is -2.25. The Balaban J connectivity index is 2.00. The van der Waals surface area contributed by atoms with Crippen LogP contribution < -0.4 is 5.73 Å². The van der Waals surface area contributed by atoms with Gasteiger partial charge in [-0.1, -0.05) is 12.1 Å². The van der Waals surface area contributed by atoms with E-state index >= 15 is 0 Å². The minimum atomic E-state index is -0.291. The number of hydrogen-bond acceptors (Lipinski definition) is 3. The topological polar surface area (TPSA) is 59.1 Å². The van der Waals surface area contributed by atoms with Crippen LogP contribution in [0.5, 0.6) is 0 Å². The standard InChI is InChI=1S/C11H13FN2OS/c12-10-3-7(11(13)14)1-2-8(10)6-16-9-4-15-5-9/h1-3,9H,4-6H2,(H3,13,14). The van der Waals surface area contributed by atoms with Crippen LogP contribution in [0.15, 0.2) is 18.2 Å². The second-order valence-electron chi connectivity index (χ2n) is 3.69. The Bertz CT molecular complexity index is 407. The number of nitrogens with one attached hydrogen (secondary N) is 1. The molecular formula is C11H13FN2OS. The molecule has 0 radical (unpaired) electrons. The first-order valence-corrected chi connectivity index (χ1v) is 6.04. The van der Waals surface area contributed by atoms with Crippen molar-refractivity contribution < 1.29 is 9.13 Å². The number of halogens is 1. The summed E-state index contributed by atoms with van der Waals surface area (Å²) in [6, 6.07) is 4.69. The second kappa shape index (κ2) is 4.84. The van der Waals surface area contributed by atoms with Gasteiger partial charge in [0.05, 0.1) is 18.5 Å². The summed E-state index contributed by atoms with van der Waals surface area (Å²) in [5, 5.41) is 7.69. The van der Waals surface area contributed by atoms with E-state index in [4.69, 9.17) is 15.9 Å². The van der Waals surface area contributed by atoms with Gasteiger partial charge in [-0.25, -0.2) is 4.39 Å². The third kappa shape index (κ3) is 2.54. The summed E-state index contributed by atoms with van der Waals surface area (Å²) < 4.78 is 18.6. The van der Waals surface area contributed by atoms with Crippen molar-refractivity contribution in [2.45, 2.75) is 11.0 Å². The van der Waals surface area contributed by atoms with Crippen LogP contribution in [0.4, 0.5) is 4.39 Å². The van der Waals surface area contributed by atoms with E-state index in [2.05, 4.69) is 0 Å². The van der Waals surface area contributed by atoms with Gasteiger partial charge in [0.2, 0.25) is 0 Å². The quantitative estimate of drug-likeness (QED) is 0.622. The number of benzene rings is 1. The van der Waals surface area contributed by atoms with E-state index in [0.717, 1.165) is 13.2 Å². The highest BCUT2D eigenvalue weighted by Gasteiger charge is 2.19. The minimum absolute atomic E-state index is 0.106. The van der Waals surface area contributed by atoms with Crippen molar-refractivity contribution in [1.82, 2.24) is 0 Å². The highest BCUT2D eigenvalue weighted by Crippen LogP contribution is 2.24. The van der Waals surface area contributed by atoms with Gasteiger partial charge < -0.3 is 10.5 Å². The molecule has 1 aliphatic heterocycles. The molecule has 0 atom stereocenters. The lowest BCUT2D eigenvalue weighted by molar-refractivity contribution is 0.0455. The zero-order valence-electron chi connectivity index (χ0n) is 8.70. The summed E-state index contributed by atoms with van der Waals surface area (Å²) in [5.41, 5.74) is 6.36. The smallest absolute Gasteiger partial charge is 0.127 e. The largest absolute Gasteiger partial charge is 0.384 e. The molecule has 1 fully saturated rings. The maximum atomic E-state index is 13.6. The molecule has 0 saturated carbocycles. The maximum Gasteiger partial charge on any atom is 0.127 e. The summed E-state index contributed by atoms with van der Waals surface area (Å²) in [6.07, 6.45) is 0. The van der Waals surface area contributed by atoms with Gasteiger partial charge in [-0.2, -0.15) is 0 Å². The first-order chi connectivity index (χ1) is 7.66. The van der Waals surface area contributed by atoms with Gasteiger partial charge in [0.25, 0.3) is 0 Å². The average Bonchev–Trinajstić information content (AvgIpc) is 2.17. The number of hydrogen-bond donors (Lipinski definition) is 2. The summed E-state index contributed by atoms with van der Waals surface area (Å²) in [4.78, 5) is 0. The van der Waals surface area contributed by atoms with Crippen LogP contribution in [-0.4, -0.2) is 24.3 Å². The second-order valence-corrected chi connectivity index (χ2v) is 4.98. The first kappa shape index (κ1) is 11.4. The molecule has 1 heterocycles. The lowest BCUT2D eigenvalue weighted by Crippen LogP contribution is -2.30. The lowest BCUT2D eigenvalue weighted by atomic mass is 10.1. The number of nitrogens with two attached hydrogens (primary N) is 1. The molecule has 1 saturated heterocycles. The Hall–Kier alpha value is -1.07. The fourth-order valence-electron chi connectivity index (χ4n) is 1.35. The summed E-state index contributed by atoms with van der Waals surface area (Å²) in [5.74, 6) is 0.240. The van der Waals surface area contributed by atoms with Crippen LogP contribution >= 0.6 is 11.8 Å². The summed E-state index contributed by atoms with van der Waals surface area (Å²) in [7, 11) is 0. The maximum absolute atomic E-state index is 13.6. The molecule has 1 aromatic carbocycles. The van der Waals surface area contributed by atoms with Crippen LogP contribution in [0.3, 0.4) is 0 Å². The van der Waals surface area contributed by atoms with E-state index in [1.54, 1.807) is 23.9 Å². The molecule has 3 nitrogen and oxygen atoms in total. The molecule has 1 aliphatic rings. The van der Waals surface area contributed by atoms with E-state index < -0.39 is 0 Å². The first-order valence-electron chi connectivity index (χ1n) is 4.99. The van der Waals surface area contributed by atoms with E-state index in [0.29, 0.717) is 22.1 Å². The van der Waals surface area contributed by atoms with Crippen molar-refractivity contribution in [2.24, 2.45) is 5.73 Å². The molecule has 5 heteroatoms. The highest BCUT2D eigenvalue weighted by atomic mass is 32.2. The zero-order valence-corrected chi connectivity index (χ0v) is 9.52. The van der Waals surface area contributed by atoms with E-state index in [1.165, 1.54) is 6.07 Å². The Morgan fingerprint density at radius 3 is 2.81 bits per heavy atom. The molecule has 16 heavy (non-hydrogen) atoms. The molecule has 2 rings (SSSR count). The van der Waals surface area contributed by atoms with Crippen molar-refractivity contribution in [3.8, 4) is 0 Å². The van der Waals surface area contributed by atoms with Crippen LogP contribution in [-0.2, 0) is 10.5 Å². The van der Waals surface area contributed by atoms with Crippen LogP contribution in [0.25, 0.3) is 0 Å². The molecule has 86 valence electrons. The number of thioether (sulfide) groups is 1. The van der Waals surface area contributed by atoms with E-state index in [1.807, 2.05) is 0 Å². The monoisotopic (exact) mass is 240 g/mol. The van der Waals surface area contributed by atoms with Crippen molar-refractivity contribution in [1.29, 1.82) is 5.41 Å². The number of rotatable bonds is 4. The normalized spacial score (nSPS) is 15.8. The van der Waals surface area contributed by atoms with Crippen molar-refractivity contribution >= 4 is 17.6 Å². The van der Waals surface area contributed by atoms with Crippen molar-refractivity contribution in [3.05, 3.63) is 35.1 Å². The molecule has 0 unspecified atom stereocenters. The summed E-state index contributed by atoms with van der Waals surface area (Å²) >= 11 is 1.69. The number of ether oxygens (including phenoxy) is 1. The molecule has 3 N–H and O–H groups in total. The Morgan fingerprint density at radius 1 is 1.56 bits per heavy atom. The fraction of sp³-hybridized carbons (Fsp3) is 0.364. The van der Waals surface area contributed by atoms with Gasteiger partial charge >= 0.3 is 0 Å². The van der Waals surface area contributed by atoms with Crippen LogP contribution in [0, 0.1) is 11.2 Å². The molecule has 0 aliphatic carbocycles. The van der Waals surface area contributed by atoms with Crippen LogP contribution in [0.2, 0.25) is 0 Å². The van der Waals surface area contributed by atoms with E-state index in [9.17, 15) is 4.39 Å². The zero-order chi connectivity index (χ0) is 11.5. The van der Waals surface area contributed by atoms with Gasteiger partial charge in [-0.3, -0.25) is 5.41 Å². The van der Waals surface area contributed by atoms with Crippen molar-refractivity contribution in [3.63, 3.8) is 0 Å². The number of amidine groups is 1. The average molecular weight is 240 g/mol. The summed E-state index contributed by atoms with van der Waals surface area (Å²) in [6.45, 7) is 1.52. The van der Waals surface area contributed by atoms with Crippen LogP contribution in [0.1, 0.15) is 11.1 Å². The van der Waals surface area contributed by atoms with Gasteiger partial charge in [0.1, 0.15) is 11.7 Å². The highest BCUT2D eigenvalue weighted by molar-refractivity contribution is 7.99. The SMILES string of the molecule is N=C(N)c1ccc(CSC2COC2)c(F)c1. The molecule has 0 spiro atoms. The van der Waals surface area contributed by atoms with Gasteiger partial charge in [0.15, 0.2) is 0 Å².